The van der Waals surface area contributed by atoms with Gasteiger partial charge in [-0.05, 0) is 73.3 Å². The quantitative estimate of drug-likeness (QED) is 0.264. The van der Waals surface area contributed by atoms with Crippen molar-refractivity contribution in [3.8, 4) is 16.8 Å². The SMILES string of the molecule is Cc1ccccc1Cn1c(=N)n(-c2ccc(-c3ccccc3NC(=O)C3CCCNC3)cc2)c2ccccc21. The Balaban J connectivity index is 1.33. The highest BCUT2D eigenvalue weighted by molar-refractivity contribution is 5.97. The van der Waals surface area contributed by atoms with Crippen LogP contribution in [0.2, 0.25) is 0 Å². The molecule has 6 rings (SSSR count). The summed E-state index contributed by atoms with van der Waals surface area (Å²) in [6, 6.07) is 32.8. The number of anilines is 1. The smallest absolute Gasteiger partial charge is 0.228 e. The van der Waals surface area contributed by atoms with E-state index in [1.54, 1.807) is 0 Å². The van der Waals surface area contributed by atoms with Crippen molar-refractivity contribution in [2.75, 3.05) is 18.4 Å². The van der Waals surface area contributed by atoms with Crippen LogP contribution >= 0.6 is 0 Å². The van der Waals surface area contributed by atoms with Crippen LogP contribution < -0.4 is 16.3 Å². The molecule has 0 bridgehead atoms. The van der Waals surface area contributed by atoms with Crippen LogP contribution in [-0.4, -0.2) is 28.1 Å². The Morgan fingerprint density at radius 3 is 2.41 bits per heavy atom. The number of carbonyl (C=O) groups excluding carboxylic acids is 1. The van der Waals surface area contributed by atoms with Crippen LogP contribution in [0.15, 0.2) is 97.1 Å². The zero-order valence-corrected chi connectivity index (χ0v) is 22.2. The summed E-state index contributed by atoms with van der Waals surface area (Å²) in [5.74, 6) is 0.0696. The first-order valence-electron chi connectivity index (χ1n) is 13.6. The molecule has 1 fully saturated rings. The van der Waals surface area contributed by atoms with Crippen molar-refractivity contribution < 1.29 is 4.79 Å². The second-order valence-corrected chi connectivity index (χ2v) is 10.3. The minimum Gasteiger partial charge on any atom is -0.325 e. The fourth-order valence-corrected chi connectivity index (χ4v) is 5.55. The zero-order valence-electron chi connectivity index (χ0n) is 22.2. The van der Waals surface area contributed by atoms with Crippen LogP contribution in [-0.2, 0) is 11.3 Å². The molecular formula is C33H33N5O. The third-order valence-corrected chi connectivity index (χ3v) is 7.76. The van der Waals surface area contributed by atoms with Crippen molar-refractivity contribution >= 4 is 22.6 Å². The first-order chi connectivity index (χ1) is 19.1. The van der Waals surface area contributed by atoms with Gasteiger partial charge in [0.05, 0.1) is 23.5 Å². The lowest BCUT2D eigenvalue weighted by atomic mass is 9.98. The number of aromatic nitrogens is 2. The predicted molar refractivity (Wildman–Crippen MR) is 157 cm³/mol. The monoisotopic (exact) mass is 515 g/mol. The van der Waals surface area contributed by atoms with E-state index in [2.05, 4.69) is 76.7 Å². The fourth-order valence-electron chi connectivity index (χ4n) is 5.55. The number of hydrogen-bond donors (Lipinski definition) is 3. The fraction of sp³-hybridized carbons (Fsp3) is 0.212. The van der Waals surface area contributed by atoms with Gasteiger partial charge < -0.3 is 15.2 Å². The van der Waals surface area contributed by atoms with E-state index >= 15 is 0 Å². The number of fused-ring (bicyclic) bond motifs is 1. The Kier molecular flexibility index (Phi) is 6.86. The number of imidazole rings is 1. The minimum atomic E-state index is -0.00181. The summed E-state index contributed by atoms with van der Waals surface area (Å²) in [4.78, 5) is 12.9. The highest BCUT2D eigenvalue weighted by Gasteiger charge is 2.22. The van der Waals surface area contributed by atoms with Crippen LogP contribution in [0.25, 0.3) is 27.8 Å². The molecule has 1 unspecified atom stereocenters. The average molecular weight is 516 g/mol. The third kappa shape index (κ3) is 4.91. The molecule has 39 heavy (non-hydrogen) atoms. The van der Waals surface area contributed by atoms with Crippen LogP contribution in [0.5, 0.6) is 0 Å². The largest absolute Gasteiger partial charge is 0.325 e. The number of amides is 1. The molecule has 1 aromatic heterocycles. The van der Waals surface area contributed by atoms with Crippen molar-refractivity contribution in [2.24, 2.45) is 5.92 Å². The maximum atomic E-state index is 12.9. The highest BCUT2D eigenvalue weighted by Crippen LogP contribution is 2.30. The van der Waals surface area contributed by atoms with Gasteiger partial charge in [-0.3, -0.25) is 14.8 Å². The molecule has 0 saturated carbocycles. The number of nitrogens with zero attached hydrogens (tertiary/aromatic N) is 2. The molecule has 1 aliphatic heterocycles. The van der Waals surface area contributed by atoms with Gasteiger partial charge in [0, 0.05) is 23.5 Å². The van der Waals surface area contributed by atoms with Gasteiger partial charge in [0.25, 0.3) is 0 Å². The summed E-state index contributed by atoms with van der Waals surface area (Å²) < 4.78 is 4.07. The van der Waals surface area contributed by atoms with Gasteiger partial charge in [-0.15, -0.1) is 0 Å². The lowest BCUT2D eigenvalue weighted by molar-refractivity contribution is -0.120. The summed E-state index contributed by atoms with van der Waals surface area (Å²) in [5, 5.41) is 15.6. The summed E-state index contributed by atoms with van der Waals surface area (Å²) >= 11 is 0. The molecule has 1 amide bonds. The summed E-state index contributed by atoms with van der Waals surface area (Å²) in [7, 11) is 0. The second kappa shape index (κ2) is 10.8. The molecule has 1 aliphatic rings. The molecule has 0 aliphatic carbocycles. The van der Waals surface area contributed by atoms with E-state index in [9.17, 15) is 4.79 Å². The molecule has 2 heterocycles. The van der Waals surface area contributed by atoms with Crippen molar-refractivity contribution in [1.82, 2.24) is 14.5 Å². The standard InChI is InChI=1S/C33H33N5O/c1-23-9-2-3-10-26(23)22-37-30-14-6-7-15-31(30)38(33(37)34)27-18-16-24(17-19-27)28-12-4-5-13-29(28)36-32(39)25-11-8-20-35-21-25/h2-7,9-10,12-19,25,34-35H,8,11,20-22H2,1H3,(H,36,39). The van der Waals surface area contributed by atoms with Gasteiger partial charge in [0.15, 0.2) is 0 Å². The van der Waals surface area contributed by atoms with Crippen LogP contribution in [0.1, 0.15) is 24.0 Å². The number of carbonyl (C=O) groups is 1. The Labute approximate surface area is 228 Å². The molecule has 1 saturated heterocycles. The molecule has 3 N–H and O–H groups in total. The molecule has 0 spiro atoms. The van der Waals surface area contributed by atoms with Gasteiger partial charge in [0.1, 0.15) is 0 Å². The maximum Gasteiger partial charge on any atom is 0.228 e. The zero-order chi connectivity index (χ0) is 26.8. The number of piperidine rings is 1. The van der Waals surface area contributed by atoms with E-state index in [1.807, 2.05) is 47.0 Å². The third-order valence-electron chi connectivity index (χ3n) is 7.76. The molecule has 196 valence electrons. The van der Waals surface area contributed by atoms with E-state index in [1.165, 1.54) is 11.1 Å². The van der Waals surface area contributed by atoms with Gasteiger partial charge in [-0.2, -0.15) is 0 Å². The number of rotatable bonds is 6. The highest BCUT2D eigenvalue weighted by atomic mass is 16.1. The molecule has 6 heteroatoms. The van der Waals surface area contributed by atoms with Gasteiger partial charge in [0.2, 0.25) is 11.5 Å². The van der Waals surface area contributed by atoms with E-state index in [0.29, 0.717) is 12.2 Å². The molecule has 6 nitrogen and oxygen atoms in total. The molecular weight excluding hydrogens is 482 g/mol. The second-order valence-electron chi connectivity index (χ2n) is 10.3. The first kappa shape index (κ1) is 24.9. The maximum absolute atomic E-state index is 12.9. The predicted octanol–water partition coefficient (Wildman–Crippen LogP) is 5.87. The van der Waals surface area contributed by atoms with Crippen molar-refractivity contribution in [3.05, 3.63) is 114 Å². The van der Waals surface area contributed by atoms with E-state index in [0.717, 1.165) is 59.5 Å². The number of para-hydroxylation sites is 3. The van der Waals surface area contributed by atoms with Gasteiger partial charge in [-0.25, -0.2) is 0 Å². The first-order valence-corrected chi connectivity index (χ1v) is 13.6. The van der Waals surface area contributed by atoms with E-state index in [4.69, 9.17) is 5.41 Å². The summed E-state index contributed by atoms with van der Waals surface area (Å²) in [6.07, 6.45) is 1.94. The lowest BCUT2D eigenvalue weighted by Crippen LogP contribution is -2.37. The number of nitrogens with one attached hydrogen (secondary N) is 3. The average Bonchev–Trinajstić information content (AvgIpc) is 3.26. The van der Waals surface area contributed by atoms with Crippen LogP contribution in [0.4, 0.5) is 5.69 Å². The van der Waals surface area contributed by atoms with Gasteiger partial charge in [-0.1, -0.05) is 66.7 Å². The molecule has 4 aromatic carbocycles. The number of hydrogen-bond acceptors (Lipinski definition) is 3. The topological polar surface area (TPSA) is 74.8 Å². The van der Waals surface area contributed by atoms with Crippen molar-refractivity contribution in [2.45, 2.75) is 26.3 Å². The van der Waals surface area contributed by atoms with E-state index < -0.39 is 0 Å². The number of benzene rings is 4. The summed E-state index contributed by atoms with van der Waals surface area (Å²) in [5.41, 5.74) is 8.64. The van der Waals surface area contributed by atoms with Crippen molar-refractivity contribution in [1.29, 1.82) is 5.41 Å². The van der Waals surface area contributed by atoms with E-state index in [-0.39, 0.29) is 11.8 Å². The number of aryl methyl sites for hydroxylation is 1. The summed E-state index contributed by atoms with van der Waals surface area (Å²) in [6.45, 7) is 4.46. The lowest BCUT2D eigenvalue weighted by Gasteiger charge is -2.22. The molecule has 0 radical (unpaired) electrons. The van der Waals surface area contributed by atoms with Crippen molar-refractivity contribution in [3.63, 3.8) is 0 Å². The van der Waals surface area contributed by atoms with Crippen LogP contribution in [0.3, 0.4) is 0 Å². The van der Waals surface area contributed by atoms with Crippen LogP contribution in [0, 0.1) is 18.3 Å². The molecule has 1 atom stereocenters. The normalized spacial score (nSPS) is 15.4. The Bertz CT molecular complexity index is 1690. The Hall–Kier alpha value is -4.42. The van der Waals surface area contributed by atoms with Gasteiger partial charge >= 0.3 is 0 Å². The Morgan fingerprint density at radius 1 is 0.923 bits per heavy atom. The molecule has 5 aromatic rings. The minimum absolute atomic E-state index is 0.00181. The Morgan fingerprint density at radius 2 is 1.64 bits per heavy atom.